The van der Waals surface area contributed by atoms with Crippen LogP contribution in [0.5, 0.6) is 0 Å². The van der Waals surface area contributed by atoms with Gasteiger partial charge in [0.05, 0.1) is 16.2 Å². The first-order chi connectivity index (χ1) is 8.75. The summed E-state index contributed by atoms with van der Waals surface area (Å²) < 4.78 is 7.19. The summed E-state index contributed by atoms with van der Waals surface area (Å²) in [6.07, 6.45) is 5.54. The summed E-state index contributed by atoms with van der Waals surface area (Å²) in [5.41, 5.74) is 1.06. The normalized spacial score (nSPS) is 12.8. The maximum absolute atomic E-state index is 4.40. The van der Waals surface area contributed by atoms with Crippen LogP contribution >= 0.6 is 27.5 Å². The largest absolute Gasteiger partial charge is 0.361 e. The molecule has 4 nitrogen and oxygen atoms in total. The minimum Gasteiger partial charge on any atom is -0.361 e. The molecule has 3 heterocycles. The van der Waals surface area contributed by atoms with E-state index in [0.29, 0.717) is 0 Å². The summed E-state index contributed by atoms with van der Waals surface area (Å²) in [6, 6.07) is 6.28. The highest BCUT2D eigenvalue weighted by molar-refractivity contribution is 9.10. The standard InChI is InChI=1S/C12H11BrN4S/c1-8(10-4-5-15-18-10)16-12-9-2-3-11(13)17(9)7-6-14-12/h2-8H,1H3,(H,14,16). The number of rotatable bonds is 3. The number of nitrogens with one attached hydrogen (secondary N) is 1. The van der Waals surface area contributed by atoms with Crippen LogP contribution in [0.4, 0.5) is 5.82 Å². The van der Waals surface area contributed by atoms with Crippen LogP contribution in [-0.4, -0.2) is 13.8 Å². The van der Waals surface area contributed by atoms with E-state index in [1.165, 1.54) is 16.4 Å². The van der Waals surface area contributed by atoms with Crippen molar-refractivity contribution >= 4 is 38.8 Å². The van der Waals surface area contributed by atoms with Gasteiger partial charge in [0.2, 0.25) is 0 Å². The summed E-state index contributed by atoms with van der Waals surface area (Å²) >= 11 is 5.01. The van der Waals surface area contributed by atoms with Crippen LogP contribution in [0.25, 0.3) is 5.52 Å². The minimum atomic E-state index is 0.199. The van der Waals surface area contributed by atoms with E-state index < -0.39 is 0 Å². The van der Waals surface area contributed by atoms with Crippen molar-refractivity contribution in [1.29, 1.82) is 0 Å². The Morgan fingerprint density at radius 2 is 2.22 bits per heavy atom. The van der Waals surface area contributed by atoms with Crippen LogP contribution in [0.3, 0.4) is 0 Å². The monoisotopic (exact) mass is 322 g/mol. The third-order valence-corrected chi connectivity index (χ3v) is 4.34. The van der Waals surface area contributed by atoms with Gasteiger partial charge in [-0.1, -0.05) is 0 Å². The molecule has 1 atom stereocenters. The quantitative estimate of drug-likeness (QED) is 0.799. The fourth-order valence-electron chi connectivity index (χ4n) is 1.84. The molecule has 0 aromatic carbocycles. The topological polar surface area (TPSA) is 42.2 Å². The zero-order valence-corrected chi connectivity index (χ0v) is 12.1. The third-order valence-electron chi connectivity index (χ3n) is 2.77. The Hall–Kier alpha value is -1.40. The molecule has 6 heteroatoms. The Bertz CT molecular complexity index is 662. The molecule has 18 heavy (non-hydrogen) atoms. The molecule has 0 saturated heterocycles. The van der Waals surface area contributed by atoms with Crippen LogP contribution in [0.2, 0.25) is 0 Å². The van der Waals surface area contributed by atoms with Crippen molar-refractivity contribution in [2.45, 2.75) is 13.0 Å². The molecule has 92 valence electrons. The second-order valence-electron chi connectivity index (χ2n) is 3.97. The molecule has 0 radical (unpaired) electrons. The Morgan fingerprint density at radius 3 is 3.00 bits per heavy atom. The van der Waals surface area contributed by atoms with E-state index in [9.17, 15) is 0 Å². The summed E-state index contributed by atoms with van der Waals surface area (Å²) in [4.78, 5) is 5.60. The van der Waals surface area contributed by atoms with Gasteiger partial charge in [-0.3, -0.25) is 0 Å². The number of anilines is 1. The van der Waals surface area contributed by atoms with Crippen LogP contribution in [0, 0.1) is 0 Å². The van der Waals surface area contributed by atoms with Crippen molar-refractivity contribution < 1.29 is 0 Å². The second-order valence-corrected chi connectivity index (χ2v) is 5.65. The van der Waals surface area contributed by atoms with Gasteiger partial charge >= 0.3 is 0 Å². The van der Waals surface area contributed by atoms with E-state index >= 15 is 0 Å². The van der Waals surface area contributed by atoms with Crippen LogP contribution in [0.15, 0.2) is 41.4 Å². The number of aromatic nitrogens is 3. The average Bonchev–Trinajstić information content (AvgIpc) is 3.00. The molecule has 1 N–H and O–H groups in total. The first kappa shape index (κ1) is 11.7. The molecular formula is C12H11BrN4S. The minimum absolute atomic E-state index is 0.199. The van der Waals surface area contributed by atoms with E-state index in [1.54, 1.807) is 6.20 Å². The maximum atomic E-state index is 4.40. The van der Waals surface area contributed by atoms with Gasteiger partial charge in [0.15, 0.2) is 5.82 Å². The third kappa shape index (κ3) is 2.02. The van der Waals surface area contributed by atoms with Crippen molar-refractivity contribution in [2.75, 3.05) is 5.32 Å². The molecule has 3 aromatic heterocycles. The molecule has 0 spiro atoms. The van der Waals surface area contributed by atoms with Crippen LogP contribution in [0.1, 0.15) is 17.8 Å². The predicted molar refractivity (Wildman–Crippen MR) is 77.0 cm³/mol. The van der Waals surface area contributed by atoms with Gasteiger partial charge in [0, 0.05) is 23.5 Å². The fraction of sp³-hybridized carbons (Fsp3) is 0.167. The lowest BCUT2D eigenvalue weighted by Gasteiger charge is -2.13. The highest BCUT2D eigenvalue weighted by Crippen LogP contribution is 2.25. The highest BCUT2D eigenvalue weighted by Gasteiger charge is 2.11. The van der Waals surface area contributed by atoms with E-state index in [2.05, 4.69) is 41.9 Å². The summed E-state index contributed by atoms with van der Waals surface area (Å²) in [5, 5.41) is 3.42. The first-order valence-electron chi connectivity index (χ1n) is 5.54. The van der Waals surface area contributed by atoms with Crippen molar-refractivity contribution in [2.24, 2.45) is 0 Å². The molecule has 1 unspecified atom stereocenters. The Morgan fingerprint density at radius 1 is 1.33 bits per heavy atom. The number of halogens is 1. The Kier molecular flexibility index (Phi) is 3.05. The van der Waals surface area contributed by atoms with Gasteiger partial charge in [0.1, 0.15) is 0 Å². The lowest BCUT2D eigenvalue weighted by atomic mass is 10.3. The van der Waals surface area contributed by atoms with Gasteiger partial charge < -0.3 is 9.72 Å². The van der Waals surface area contributed by atoms with Gasteiger partial charge in [-0.05, 0) is 52.6 Å². The molecular weight excluding hydrogens is 312 g/mol. The summed E-state index contributed by atoms with van der Waals surface area (Å²) in [6.45, 7) is 2.11. The van der Waals surface area contributed by atoms with Crippen molar-refractivity contribution in [3.05, 3.63) is 46.3 Å². The van der Waals surface area contributed by atoms with Gasteiger partial charge in [-0.25, -0.2) is 9.36 Å². The number of nitrogens with zero attached hydrogens (tertiary/aromatic N) is 3. The number of fused-ring (bicyclic) bond motifs is 1. The molecule has 0 saturated carbocycles. The summed E-state index contributed by atoms with van der Waals surface area (Å²) in [7, 11) is 0. The van der Waals surface area contributed by atoms with Crippen molar-refractivity contribution in [3.8, 4) is 0 Å². The smallest absolute Gasteiger partial charge is 0.150 e. The van der Waals surface area contributed by atoms with Gasteiger partial charge in [-0.15, -0.1) is 0 Å². The Balaban J connectivity index is 1.95. The summed E-state index contributed by atoms with van der Waals surface area (Å²) in [5.74, 6) is 0.879. The van der Waals surface area contributed by atoms with Gasteiger partial charge in [-0.2, -0.15) is 0 Å². The molecule has 0 bridgehead atoms. The maximum Gasteiger partial charge on any atom is 0.150 e. The van der Waals surface area contributed by atoms with Crippen molar-refractivity contribution in [1.82, 2.24) is 13.8 Å². The lowest BCUT2D eigenvalue weighted by Crippen LogP contribution is -2.07. The highest BCUT2D eigenvalue weighted by atomic mass is 79.9. The molecule has 3 rings (SSSR count). The fourth-order valence-corrected chi connectivity index (χ4v) is 2.87. The van der Waals surface area contributed by atoms with E-state index in [0.717, 1.165) is 15.9 Å². The van der Waals surface area contributed by atoms with Gasteiger partial charge in [0.25, 0.3) is 0 Å². The van der Waals surface area contributed by atoms with Crippen LogP contribution in [-0.2, 0) is 0 Å². The molecule has 0 aliphatic carbocycles. The van der Waals surface area contributed by atoms with Crippen LogP contribution < -0.4 is 5.32 Å². The first-order valence-corrected chi connectivity index (χ1v) is 7.11. The molecule has 0 aliphatic heterocycles. The molecule has 3 aromatic rings. The second kappa shape index (κ2) is 4.70. The number of hydrogen-bond acceptors (Lipinski definition) is 4. The number of hydrogen-bond donors (Lipinski definition) is 1. The Labute approximate surface area is 117 Å². The zero-order valence-electron chi connectivity index (χ0n) is 9.67. The van der Waals surface area contributed by atoms with Crippen molar-refractivity contribution in [3.63, 3.8) is 0 Å². The predicted octanol–water partition coefficient (Wildman–Crippen LogP) is 3.73. The van der Waals surface area contributed by atoms with E-state index in [4.69, 9.17) is 0 Å². The lowest BCUT2D eigenvalue weighted by molar-refractivity contribution is 0.894. The van der Waals surface area contributed by atoms with E-state index in [1.807, 2.05) is 30.6 Å². The molecule has 0 amide bonds. The average molecular weight is 323 g/mol. The zero-order chi connectivity index (χ0) is 12.5. The SMILES string of the molecule is CC(Nc1nccn2c(Br)ccc12)c1ccns1. The molecule has 0 fully saturated rings. The molecule has 0 aliphatic rings. The van der Waals surface area contributed by atoms with E-state index in [-0.39, 0.29) is 6.04 Å².